The third-order valence-electron chi connectivity index (χ3n) is 2.21. The van der Waals surface area contributed by atoms with Crippen molar-refractivity contribution in [2.75, 3.05) is 52.5 Å². The summed E-state index contributed by atoms with van der Waals surface area (Å²) in [5.74, 6) is 0. The molecular weight excluding hydrogens is 170 g/mol. The highest BCUT2D eigenvalue weighted by atomic mass is 16.3. The van der Waals surface area contributed by atoms with Gasteiger partial charge in [-0.3, -0.25) is 0 Å². The van der Waals surface area contributed by atoms with Crippen LogP contribution in [-0.4, -0.2) is 72.7 Å². The highest BCUT2D eigenvalue weighted by molar-refractivity contribution is 4.66. The van der Waals surface area contributed by atoms with Crippen LogP contribution in [0.15, 0.2) is 0 Å². The molecule has 0 amide bonds. The Kier molecular flexibility index (Phi) is 5.26. The second-order valence-electron chi connectivity index (χ2n) is 3.10. The average Bonchev–Trinajstić information content (AvgIpc) is 2.19. The molecule has 0 bridgehead atoms. The van der Waals surface area contributed by atoms with E-state index in [-0.39, 0.29) is 13.2 Å². The number of rotatable bonds is 5. The Bertz CT molecular complexity index is 123. The minimum absolute atomic E-state index is 0.143. The zero-order chi connectivity index (χ0) is 9.52. The molecule has 1 fully saturated rings. The number of nitrogens with one attached hydrogen (secondary N) is 1. The van der Waals surface area contributed by atoms with E-state index in [2.05, 4.69) is 10.3 Å². The number of piperazine rings is 1. The third-order valence-corrected chi connectivity index (χ3v) is 2.21. The molecule has 5 heteroatoms. The molecule has 78 valence electrons. The average molecular weight is 189 g/mol. The normalized spacial score (nSPS) is 19.6. The maximum Gasteiger partial charge on any atom is 0.0572 e. The highest BCUT2D eigenvalue weighted by Gasteiger charge is 2.16. The fraction of sp³-hybridized carbons (Fsp3) is 1.00. The van der Waals surface area contributed by atoms with Gasteiger partial charge in [0.1, 0.15) is 0 Å². The number of hydrazine groups is 1. The van der Waals surface area contributed by atoms with Gasteiger partial charge in [0, 0.05) is 39.3 Å². The van der Waals surface area contributed by atoms with Crippen molar-refractivity contribution in [2.24, 2.45) is 0 Å². The quantitative estimate of drug-likeness (QED) is 0.471. The predicted molar refractivity (Wildman–Crippen MR) is 50.2 cm³/mol. The summed E-state index contributed by atoms with van der Waals surface area (Å²) in [6.07, 6.45) is 0. The lowest BCUT2D eigenvalue weighted by molar-refractivity contribution is -0.0517. The van der Waals surface area contributed by atoms with Crippen LogP contribution < -0.4 is 5.32 Å². The van der Waals surface area contributed by atoms with E-state index in [0.29, 0.717) is 13.1 Å². The Morgan fingerprint density at radius 1 is 1.08 bits per heavy atom. The third kappa shape index (κ3) is 3.58. The summed E-state index contributed by atoms with van der Waals surface area (Å²) >= 11 is 0. The number of aliphatic hydroxyl groups excluding tert-OH is 2. The first-order valence-corrected chi connectivity index (χ1v) is 4.80. The van der Waals surface area contributed by atoms with Crippen molar-refractivity contribution in [1.82, 2.24) is 15.3 Å². The monoisotopic (exact) mass is 189 g/mol. The van der Waals surface area contributed by atoms with Crippen molar-refractivity contribution in [1.29, 1.82) is 0 Å². The van der Waals surface area contributed by atoms with Gasteiger partial charge in [-0.2, -0.15) is 0 Å². The molecule has 1 aliphatic rings. The van der Waals surface area contributed by atoms with Crippen molar-refractivity contribution < 1.29 is 10.2 Å². The Balaban J connectivity index is 2.32. The van der Waals surface area contributed by atoms with Gasteiger partial charge in [-0.25, -0.2) is 10.0 Å². The van der Waals surface area contributed by atoms with Crippen LogP contribution >= 0.6 is 0 Å². The van der Waals surface area contributed by atoms with Crippen molar-refractivity contribution in [2.45, 2.75) is 0 Å². The van der Waals surface area contributed by atoms with E-state index < -0.39 is 0 Å². The second-order valence-corrected chi connectivity index (χ2v) is 3.10. The summed E-state index contributed by atoms with van der Waals surface area (Å²) in [6, 6.07) is 0. The van der Waals surface area contributed by atoms with Crippen molar-refractivity contribution in [3.05, 3.63) is 0 Å². The van der Waals surface area contributed by atoms with Gasteiger partial charge in [-0.05, 0) is 0 Å². The summed E-state index contributed by atoms with van der Waals surface area (Å²) in [6.45, 7) is 5.38. The van der Waals surface area contributed by atoms with Crippen LogP contribution in [0.5, 0.6) is 0 Å². The molecule has 0 spiro atoms. The highest BCUT2D eigenvalue weighted by Crippen LogP contribution is 1.99. The maximum absolute atomic E-state index is 8.83. The smallest absolute Gasteiger partial charge is 0.0572 e. The van der Waals surface area contributed by atoms with Gasteiger partial charge >= 0.3 is 0 Å². The minimum Gasteiger partial charge on any atom is -0.395 e. The molecule has 13 heavy (non-hydrogen) atoms. The van der Waals surface area contributed by atoms with Crippen molar-refractivity contribution >= 4 is 0 Å². The van der Waals surface area contributed by atoms with Crippen molar-refractivity contribution in [3.8, 4) is 0 Å². The fourth-order valence-electron chi connectivity index (χ4n) is 1.56. The molecule has 1 saturated heterocycles. The molecule has 0 aromatic carbocycles. The van der Waals surface area contributed by atoms with E-state index in [4.69, 9.17) is 10.2 Å². The lowest BCUT2D eigenvalue weighted by Gasteiger charge is -2.37. The summed E-state index contributed by atoms with van der Waals surface area (Å²) in [5, 5.41) is 25.1. The fourth-order valence-corrected chi connectivity index (χ4v) is 1.56. The topological polar surface area (TPSA) is 59.0 Å². The Morgan fingerprint density at radius 2 is 1.62 bits per heavy atom. The zero-order valence-electron chi connectivity index (χ0n) is 7.95. The van der Waals surface area contributed by atoms with Crippen LogP contribution in [0.2, 0.25) is 0 Å². The standard InChI is InChI=1S/C8H19N3O2/c12-7-5-11(6-8-13)10-3-1-9-2-4-10/h9,12-13H,1-8H2. The molecule has 1 heterocycles. The van der Waals surface area contributed by atoms with Gasteiger partial charge < -0.3 is 15.5 Å². The summed E-state index contributed by atoms with van der Waals surface area (Å²) < 4.78 is 0. The minimum atomic E-state index is 0.143. The van der Waals surface area contributed by atoms with E-state index in [0.717, 1.165) is 26.2 Å². The Hall–Kier alpha value is -0.200. The Labute approximate surface area is 78.9 Å². The number of nitrogens with zero attached hydrogens (tertiary/aromatic N) is 2. The second kappa shape index (κ2) is 6.28. The van der Waals surface area contributed by atoms with Crippen LogP contribution in [0.1, 0.15) is 0 Å². The summed E-state index contributed by atoms with van der Waals surface area (Å²) in [7, 11) is 0. The molecule has 0 saturated carbocycles. The maximum atomic E-state index is 8.83. The lowest BCUT2D eigenvalue weighted by Crippen LogP contribution is -2.53. The van der Waals surface area contributed by atoms with E-state index in [9.17, 15) is 0 Å². The van der Waals surface area contributed by atoms with Gasteiger partial charge in [0.25, 0.3) is 0 Å². The van der Waals surface area contributed by atoms with Crippen LogP contribution in [0.25, 0.3) is 0 Å². The molecule has 0 atom stereocenters. The molecule has 0 aliphatic carbocycles. The molecular formula is C8H19N3O2. The first-order chi connectivity index (χ1) is 6.38. The number of aliphatic hydroxyl groups is 2. The number of hydrogen-bond acceptors (Lipinski definition) is 5. The summed E-state index contributed by atoms with van der Waals surface area (Å²) in [4.78, 5) is 0. The molecule has 0 unspecified atom stereocenters. The van der Waals surface area contributed by atoms with E-state index in [1.807, 2.05) is 5.01 Å². The first-order valence-electron chi connectivity index (χ1n) is 4.80. The number of hydrogen-bond donors (Lipinski definition) is 3. The zero-order valence-corrected chi connectivity index (χ0v) is 7.95. The SMILES string of the molecule is OCCN(CCO)N1CCNCC1. The molecule has 0 aromatic rings. The van der Waals surface area contributed by atoms with Crippen molar-refractivity contribution in [3.63, 3.8) is 0 Å². The largest absolute Gasteiger partial charge is 0.395 e. The van der Waals surface area contributed by atoms with Crippen LogP contribution in [0.4, 0.5) is 0 Å². The van der Waals surface area contributed by atoms with Crippen LogP contribution in [0, 0.1) is 0 Å². The molecule has 5 nitrogen and oxygen atoms in total. The van der Waals surface area contributed by atoms with E-state index >= 15 is 0 Å². The molecule has 1 aliphatic heterocycles. The predicted octanol–water partition coefficient (Wildman–Crippen LogP) is -1.91. The van der Waals surface area contributed by atoms with E-state index in [1.54, 1.807) is 0 Å². The van der Waals surface area contributed by atoms with Gasteiger partial charge in [0.05, 0.1) is 13.2 Å². The van der Waals surface area contributed by atoms with Gasteiger partial charge in [-0.15, -0.1) is 0 Å². The van der Waals surface area contributed by atoms with E-state index in [1.165, 1.54) is 0 Å². The van der Waals surface area contributed by atoms with Gasteiger partial charge in [-0.1, -0.05) is 0 Å². The molecule has 0 radical (unpaired) electrons. The summed E-state index contributed by atoms with van der Waals surface area (Å²) in [5.41, 5.74) is 0. The van der Waals surface area contributed by atoms with Crippen LogP contribution in [-0.2, 0) is 0 Å². The first kappa shape index (κ1) is 10.9. The van der Waals surface area contributed by atoms with Gasteiger partial charge in [0.15, 0.2) is 0 Å². The molecule has 0 aromatic heterocycles. The lowest BCUT2D eigenvalue weighted by atomic mass is 10.4. The molecule has 3 N–H and O–H groups in total. The van der Waals surface area contributed by atoms with Gasteiger partial charge in [0.2, 0.25) is 0 Å². The molecule has 1 rings (SSSR count). The Morgan fingerprint density at radius 3 is 2.08 bits per heavy atom. The van der Waals surface area contributed by atoms with Crippen LogP contribution in [0.3, 0.4) is 0 Å².